The second kappa shape index (κ2) is 6.34. The van der Waals surface area contributed by atoms with E-state index in [0.29, 0.717) is 13.2 Å². The second-order valence-electron chi connectivity index (χ2n) is 4.60. The molecule has 0 bridgehead atoms. The standard InChI is InChI=1S/C16H18FNO/c1-12(10-18)14-7-8-16(15(17)9-14)19-11-13-5-3-2-4-6-13/h2-9,12H,10-11,18H2,1H3. The van der Waals surface area contributed by atoms with Crippen LogP contribution in [0, 0.1) is 5.82 Å². The largest absolute Gasteiger partial charge is 0.486 e. The van der Waals surface area contributed by atoms with E-state index in [-0.39, 0.29) is 17.5 Å². The average molecular weight is 259 g/mol. The second-order valence-corrected chi connectivity index (χ2v) is 4.60. The summed E-state index contributed by atoms with van der Waals surface area (Å²) in [4.78, 5) is 0. The first-order chi connectivity index (χ1) is 9.20. The smallest absolute Gasteiger partial charge is 0.165 e. The van der Waals surface area contributed by atoms with Crippen LogP contribution in [0.15, 0.2) is 48.5 Å². The molecule has 100 valence electrons. The Morgan fingerprint density at radius 3 is 2.53 bits per heavy atom. The van der Waals surface area contributed by atoms with Gasteiger partial charge in [-0.15, -0.1) is 0 Å². The molecule has 0 aliphatic rings. The minimum absolute atomic E-state index is 0.151. The summed E-state index contributed by atoms with van der Waals surface area (Å²) in [7, 11) is 0. The Morgan fingerprint density at radius 2 is 1.89 bits per heavy atom. The zero-order valence-corrected chi connectivity index (χ0v) is 11.0. The number of hydrogen-bond acceptors (Lipinski definition) is 2. The van der Waals surface area contributed by atoms with Gasteiger partial charge in [-0.3, -0.25) is 0 Å². The van der Waals surface area contributed by atoms with E-state index in [0.717, 1.165) is 11.1 Å². The normalized spacial score (nSPS) is 12.2. The van der Waals surface area contributed by atoms with Gasteiger partial charge < -0.3 is 10.5 Å². The summed E-state index contributed by atoms with van der Waals surface area (Å²) in [6, 6.07) is 14.7. The fourth-order valence-corrected chi connectivity index (χ4v) is 1.81. The van der Waals surface area contributed by atoms with Crippen molar-refractivity contribution in [2.75, 3.05) is 6.54 Å². The van der Waals surface area contributed by atoms with E-state index in [4.69, 9.17) is 10.5 Å². The molecule has 2 aromatic rings. The van der Waals surface area contributed by atoms with Gasteiger partial charge in [-0.05, 0) is 35.7 Å². The van der Waals surface area contributed by atoms with Crippen LogP contribution in [0.1, 0.15) is 24.0 Å². The van der Waals surface area contributed by atoms with Crippen LogP contribution in [0.25, 0.3) is 0 Å². The third-order valence-corrected chi connectivity index (χ3v) is 3.12. The van der Waals surface area contributed by atoms with Crippen LogP contribution in [0.3, 0.4) is 0 Å². The maximum Gasteiger partial charge on any atom is 0.165 e. The molecule has 0 fully saturated rings. The van der Waals surface area contributed by atoms with Gasteiger partial charge in [0.2, 0.25) is 0 Å². The lowest BCUT2D eigenvalue weighted by atomic mass is 10.0. The maximum atomic E-state index is 13.9. The molecule has 3 heteroatoms. The Kier molecular flexibility index (Phi) is 4.53. The maximum absolute atomic E-state index is 13.9. The van der Waals surface area contributed by atoms with Crippen LogP contribution in [0.4, 0.5) is 4.39 Å². The van der Waals surface area contributed by atoms with Crippen LogP contribution < -0.4 is 10.5 Å². The van der Waals surface area contributed by atoms with Crippen molar-refractivity contribution in [3.8, 4) is 5.75 Å². The van der Waals surface area contributed by atoms with Gasteiger partial charge in [0, 0.05) is 0 Å². The van der Waals surface area contributed by atoms with Crippen LogP contribution >= 0.6 is 0 Å². The van der Waals surface area contributed by atoms with Crippen molar-refractivity contribution in [3.63, 3.8) is 0 Å². The predicted molar refractivity (Wildman–Crippen MR) is 74.6 cm³/mol. The third-order valence-electron chi connectivity index (χ3n) is 3.12. The minimum atomic E-state index is -0.339. The SMILES string of the molecule is CC(CN)c1ccc(OCc2ccccc2)c(F)c1. The first kappa shape index (κ1) is 13.6. The summed E-state index contributed by atoms with van der Waals surface area (Å²) < 4.78 is 19.4. The van der Waals surface area contributed by atoms with Crippen molar-refractivity contribution in [2.24, 2.45) is 5.73 Å². The van der Waals surface area contributed by atoms with E-state index in [1.165, 1.54) is 6.07 Å². The number of hydrogen-bond donors (Lipinski definition) is 1. The van der Waals surface area contributed by atoms with Gasteiger partial charge >= 0.3 is 0 Å². The molecule has 0 heterocycles. The van der Waals surface area contributed by atoms with Crippen molar-refractivity contribution in [1.82, 2.24) is 0 Å². The molecule has 2 aromatic carbocycles. The molecule has 2 rings (SSSR count). The van der Waals surface area contributed by atoms with E-state index in [9.17, 15) is 4.39 Å². The first-order valence-electron chi connectivity index (χ1n) is 6.37. The number of halogens is 1. The Hall–Kier alpha value is -1.87. The molecular formula is C16H18FNO. The van der Waals surface area contributed by atoms with Crippen LogP contribution in [0.5, 0.6) is 5.75 Å². The third kappa shape index (κ3) is 3.55. The topological polar surface area (TPSA) is 35.2 Å². The Labute approximate surface area is 113 Å². The monoisotopic (exact) mass is 259 g/mol. The highest BCUT2D eigenvalue weighted by molar-refractivity contribution is 5.31. The highest BCUT2D eigenvalue weighted by atomic mass is 19.1. The first-order valence-corrected chi connectivity index (χ1v) is 6.37. The summed E-state index contributed by atoms with van der Waals surface area (Å²) >= 11 is 0. The molecule has 0 spiro atoms. The lowest BCUT2D eigenvalue weighted by molar-refractivity contribution is 0.290. The van der Waals surface area contributed by atoms with Gasteiger partial charge in [0.25, 0.3) is 0 Å². The number of nitrogens with two attached hydrogens (primary N) is 1. The van der Waals surface area contributed by atoms with E-state index >= 15 is 0 Å². The lowest BCUT2D eigenvalue weighted by Crippen LogP contribution is -2.09. The summed E-state index contributed by atoms with van der Waals surface area (Å²) in [6.45, 7) is 2.84. The van der Waals surface area contributed by atoms with Crippen molar-refractivity contribution >= 4 is 0 Å². The van der Waals surface area contributed by atoms with E-state index < -0.39 is 0 Å². The molecule has 0 saturated carbocycles. The van der Waals surface area contributed by atoms with E-state index in [1.54, 1.807) is 6.07 Å². The van der Waals surface area contributed by atoms with Crippen LogP contribution in [-0.2, 0) is 6.61 Å². The summed E-state index contributed by atoms with van der Waals surface area (Å²) in [5.41, 5.74) is 7.48. The summed E-state index contributed by atoms with van der Waals surface area (Å²) in [6.07, 6.45) is 0. The predicted octanol–water partition coefficient (Wildman–Crippen LogP) is 3.47. The van der Waals surface area contributed by atoms with E-state index in [2.05, 4.69) is 0 Å². The average Bonchev–Trinajstić information content (AvgIpc) is 2.46. The highest BCUT2D eigenvalue weighted by Gasteiger charge is 2.09. The molecule has 2 N–H and O–H groups in total. The molecule has 0 aliphatic carbocycles. The molecule has 1 atom stereocenters. The van der Waals surface area contributed by atoms with Gasteiger partial charge in [-0.2, -0.15) is 0 Å². The van der Waals surface area contributed by atoms with Crippen molar-refractivity contribution in [3.05, 3.63) is 65.5 Å². The number of rotatable bonds is 5. The van der Waals surface area contributed by atoms with E-state index in [1.807, 2.05) is 43.3 Å². The van der Waals surface area contributed by atoms with Gasteiger partial charge in [0.15, 0.2) is 11.6 Å². The molecule has 1 unspecified atom stereocenters. The Morgan fingerprint density at radius 1 is 1.16 bits per heavy atom. The fraction of sp³-hybridized carbons (Fsp3) is 0.250. The zero-order valence-electron chi connectivity index (χ0n) is 11.0. The molecule has 0 saturated heterocycles. The quantitative estimate of drug-likeness (QED) is 0.892. The zero-order chi connectivity index (χ0) is 13.7. The van der Waals surface area contributed by atoms with Crippen LogP contribution in [-0.4, -0.2) is 6.54 Å². The fourth-order valence-electron chi connectivity index (χ4n) is 1.81. The molecule has 0 aliphatic heterocycles. The Bertz CT molecular complexity index is 528. The van der Waals surface area contributed by atoms with Gasteiger partial charge in [-0.1, -0.05) is 43.3 Å². The van der Waals surface area contributed by atoms with Crippen molar-refractivity contribution < 1.29 is 9.13 Å². The lowest BCUT2D eigenvalue weighted by Gasteiger charge is -2.12. The van der Waals surface area contributed by atoms with Crippen LogP contribution in [0.2, 0.25) is 0 Å². The molecule has 19 heavy (non-hydrogen) atoms. The van der Waals surface area contributed by atoms with Gasteiger partial charge in [0.1, 0.15) is 6.61 Å². The summed E-state index contributed by atoms with van der Waals surface area (Å²) in [5, 5.41) is 0. The minimum Gasteiger partial charge on any atom is -0.486 e. The molecule has 0 aromatic heterocycles. The van der Waals surface area contributed by atoms with Gasteiger partial charge in [-0.25, -0.2) is 4.39 Å². The number of benzene rings is 2. The molecular weight excluding hydrogens is 241 g/mol. The van der Waals surface area contributed by atoms with Crippen molar-refractivity contribution in [2.45, 2.75) is 19.4 Å². The van der Waals surface area contributed by atoms with Crippen molar-refractivity contribution in [1.29, 1.82) is 0 Å². The highest BCUT2D eigenvalue weighted by Crippen LogP contribution is 2.23. The van der Waals surface area contributed by atoms with Gasteiger partial charge in [0.05, 0.1) is 0 Å². The molecule has 2 nitrogen and oxygen atoms in total. The molecule has 0 amide bonds. The number of ether oxygens (including phenoxy) is 1. The summed E-state index contributed by atoms with van der Waals surface area (Å²) in [5.74, 6) is 0.0863. The molecule has 0 radical (unpaired) electrons. The Balaban J connectivity index is 2.05.